The van der Waals surface area contributed by atoms with Gasteiger partial charge in [0, 0.05) is 12.6 Å². The van der Waals surface area contributed by atoms with Gasteiger partial charge in [0.2, 0.25) is 0 Å². The number of hydrogen-bond acceptors (Lipinski definition) is 3. The summed E-state index contributed by atoms with van der Waals surface area (Å²) in [5.41, 5.74) is 9.19. The summed E-state index contributed by atoms with van der Waals surface area (Å²) >= 11 is 0. The summed E-state index contributed by atoms with van der Waals surface area (Å²) in [6, 6.07) is 6.14. The fraction of sp³-hybridized carbons (Fsp3) is 0.400. The maximum absolute atomic E-state index is 5.87. The second-order valence-corrected chi connectivity index (χ2v) is 4.77. The highest BCUT2D eigenvalue weighted by atomic mass is 16.5. The minimum atomic E-state index is 0.0503. The molecule has 2 aromatic rings. The molecule has 1 aromatic heterocycles. The van der Waals surface area contributed by atoms with Gasteiger partial charge in [-0.3, -0.25) is 0 Å². The van der Waals surface area contributed by atoms with E-state index in [4.69, 9.17) is 10.5 Å². The van der Waals surface area contributed by atoms with E-state index in [1.807, 2.05) is 38.5 Å². The van der Waals surface area contributed by atoms with Crippen LogP contribution in [0.25, 0.3) is 0 Å². The molecule has 1 aromatic carbocycles. The lowest BCUT2D eigenvalue weighted by atomic mass is 10.1. The summed E-state index contributed by atoms with van der Waals surface area (Å²) in [5.74, 6) is 0.897. The van der Waals surface area contributed by atoms with E-state index in [2.05, 4.69) is 22.5 Å². The molecular weight excluding hydrogens is 238 g/mol. The van der Waals surface area contributed by atoms with E-state index in [1.165, 1.54) is 0 Å². The van der Waals surface area contributed by atoms with Crippen LogP contribution >= 0.6 is 0 Å². The van der Waals surface area contributed by atoms with Crippen LogP contribution in [0.2, 0.25) is 0 Å². The monoisotopic (exact) mass is 259 g/mol. The lowest BCUT2D eigenvalue weighted by Crippen LogP contribution is -2.07. The molecule has 0 amide bonds. The standard InChI is InChI=1S/C15H21N3O/c1-4-18-10-17-8-14(18)9-19-15-6-5-13(12(3)16)7-11(15)2/h5-8,10,12H,4,9,16H2,1-3H3/t12-/m0/s1. The highest BCUT2D eigenvalue weighted by Crippen LogP contribution is 2.22. The summed E-state index contributed by atoms with van der Waals surface area (Å²) in [5, 5.41) is 0. The van der Waals surface area contributed by atoms with E-state index < -0.39 is 0 Å². The molecule has 2 N–H and O–H groups in total. The average molecular weight is 259 g/mol. The van der Waals surface area contributed by atoms with Crippen molar-refractivity contribution in [2.45, 2.75) is 40.0 Å². The fourth-order valence-corrected chi connectivity index (χ4v) is 2.02. The molecule has 1 heterocycles. The van der Waals surface area contributed by atoms with Gasteiger partial charge in [-0.1, -0.05) is 12.1 Å². The van der Waals surface area contributed by atoms with Crippen LogP contribution in [0.5, 0.6) is 5.75 Å². The predicted octanol–water partition coefficient (Wildman–Crippen LogP) is 2.81. The Bertz CT molecular complexity index is 546. The lowest BCUT2D eigenvalue weighted by molar-refractivity contribution is 0.293. The summed E-state index contributed by atoms with van der Waals surface area (Å²) in [4.78, 5) is 4.13. The summed E-state index contributed by atoms with van der Waals surface area (Å²) in [7, 11) is 0. The van der Waals surface area contributed by atoms with Crippen LogP contribution in [-0.2, 0) is 13.2 Å². The number of ether oxygens (including phenoxy) is 1. The van der Waals surface area contributed by atoms with Crippen LogP contribution in [0.1, 0.15) is 36.7 Å². The quantitative estimate of drug-likeness (QED) is 0.898. The second kappa shape index (κ2) is 5.89. The molecule has 0 unspecified atom stereocenters. The number of imidazole rings is 1. The minimum absolute atomic E-state index is 0.0503. The Balaban J connectivity index is 2.08. The van der Waals surface area contributed by atoms with E-state index in [9.17, 15) is 0 Å². The van der Waals surface area contributed by atoms with E-state index >= 15 is 0 Å². The Morgan fingerprint density at radius 3 is 2.84 bits per heavy atom. The first-order chi connectivity index (χ1) is 9.11. The van der Waals surface area contributed by atoms with Gasteiger partial charge in [0.05, 0.1) is 18.2 Å². The molecule has 0 fully saturated rings. The van der Waals surface area contributed by atoms with Crippen LogP contribution in [-0.4, -0.2) is 9.55 Å². The van der Waals surface area contributed by atoms with Crippen molar-refractivity contribution in [3.05, 3.63) is 47.5 Å². The maximum Gasteiger partial charge on any atom is 0.130 e. The zero-order chi connectivity index (χ0) is 13.8. The Morgan fingerprint density at radius 1 is 1.42 bits per heavy atom. The predicted molar refractivity (Wildman–Crippen MR) is 76.0 cm³/mol. The number of benzene rings is 1. The Morgan fingerprint density at radius 2 is 2.21 bits per heavy atom. The average Bonchev–Trinajstić information content (AvgIpc) is 2.84. The van der Waals surface area contributed by atoms with Gasteiger partial charge in [0.1, 0.15) is 12.4 Å². The third kappa shape index (κ3) is 3.15. The zero-order valence-electron chi connectivity index (χ0n) is 11.8. The molecule has 0 aliphatic carbocycles. The van der Waals surface area contributed by atoms with Crippen molar-refractivity contribution in [3.63, 3.8) is 0 Å². The molecule has 0 aliphatic heterocycles. The van der Waals surface area contributed by atoms with Gasteiger partial charge in [-0.2, -0.15) is 0 Å². The van der Waals surface area contributed by atoms with Crippen molar-refractivity contribution in [3.8, 4) is 5.75 Å². The number of aryl methyl sites for hydroxylation is 2. The van der Waals surface area contributed by atoms with Crippen LogP contribution in [0.4, 0.5) is 0 Å². The molecule has 0 aliphatic rings. The SMILES string of the molecule is CCn1cncc1COc1ccc([C@H](C)N)cc1C. The molecule has 1 atom stereocenters. The van der Waals surface area contributed by atoms with Crippen molar-refractivity contribution in [2.24, 2.45) is 5.73 Å². The number of aromatic nitrogens is 2. The van der Waals surface area contributed by atoms with Gasteiger partial charge in [-0.15, -0.1) is 0 Å². The minimum Gasteiger partial charge on any atom is -0.487 e. The lowest BCUT2D eigenvalue weighted by Gasteiger charge is -2.13. The first-order valence-corrected chi connectivity index (χ1v) is 6.59. The molecule has 102 valence electrons. The zero-order valence-corrected chi connectivity index (χ0v) is 11.8. The normalized spacial score (nSPS) is 12.4. The summed E-state index contributed by atoms with van der Waals surface area (Å²) < 4.78 is 7.93. The number of nitrogens with zero attached hydrogens (tertiary/aromatic N) is 2. The highest BCUT2D eigenvalue weighted by Gasteiger charge is 2.06. The molecule has 0 radical (unpaired) electrons. The van der Waals surface area contributed by atoms with Gasteiger partial charge in [-0.25, -0.2) is 4.98 Å². The Hall–Kier alpha value is -1.81. The van der Waals surface area contributed by atoms with E-state index in [0.29, 0.717) is 6.61 Å². The van der Waals surface area contributed by atoms with Gasteiger partial charge in [0.25, 0.3) is 0 Å². The highest BCUT2D eigenvalue weighted by molar-refractivity contribution is 5.37. The number of hydrogen-bond donors (Lipinski definition) is 1. The molecule has 0 spiro atoms. The van der Waals surface area contributed by atoms with E-state index in [-0.39, 0.29) is 6.04 Å². The van der Waals surface area contributed by atoms with Crippen LogP contribution < -0.4 is 10.5 Å². The third-order valence-corrected chi connectivity index (χ3v) is 3.24. The van der Waals surface area contributed by atoms with Crippen molar-refractivity contribution < 1.29 is 4.74 Å². The van der Waals surface area contributed by atoms with Gasteiger partial charge in [-0.05, 0) is 38.0 Å². The first-order valence-electron chi connectivity index (χ1n) is 6.59. The maximum atomic E-state index is 5.87. The van der Waals surface area contributed by atoms with Crippen LogP contribution in [0.3, 0.4) is 0 Å². The first kappa shape index (κ1) is 13.6. The molecule has 4 nitrogen and oxygen atoms in total. The van der Waals surface area contributed by atoms with Gasteiger partial charge in [0.15, 0.2) is 0 Å². The molecular formula is C15H21N3O. The summed E-state index contributed by atoms with van der Waals surface area (Å²) in [6.07, 6.45) is 3.67. The third-order valence-electron chi connectivity index (χ3n) is 3.24. The van der Waals surface area contributed by atoms with Gasteiger partial charge >= 0.3 is 0 Å². The van der Waals surface area contributed by atoms with E-state index in [0.717, 1.165) is 29.1 Å². The molecule has 0 saturated heterocycles. The van der Waals surface area contributed by atoms with E-state index in [1.54, 1.807) is 0 Å². The van der Waals surface area contributed by atoms with Gasteiger partial charge < -0.3 is 15.0 Å². The van der Waals surface area contributed by atoms with Crippen molar-refractivity contribution >= 4 is 0 Å². The Kier molecular flexibility index (Phi) is 4.22. The molecule has 4 heteroatoms. The van der Waals surface area contributed by atoms with Crippen LogP contribution in [0, 0.1) is 6.92 Å². The summed E-state index contributed by atoms with van der Waals surface area (Å²) in [6.45, 7) is 7.55. The number of rotatable bonds is 5. The topological polar surface area (TPSA) is 53.1 Å². The largest absolute Gasteiger partial charge is 0.487 e. The number of nitrogens with two attached hydrogens (primary N) is 1. The fourth-order valence-electron chi connectivity index (χ4n) is 2.02. The second-order valence-electron chi connectivity index (χ2n) is 4.77. The molecule has 2 rings (SSSR count). The molecule has 19 heavy (non-hydrogen) atoms. The van der Waals surface area contributed by atoms with Crippen molar-refractivity contribution in [1.29, 1.82) is 0 Å². The molecule has 0 bridgehead atoms. The van der Waals surface area contributed by atoms with Crippen molar-refractivity contribution in [1.82, 2.24) is 9.55 Å². The molecule has 0 saturated carbocycles. The van der Waals surface area contributed by atoms with Crippen LogP contribution in [0.15, 0.2) is 30.7 Å². The van der Waals surface area contributed by atoms with Crippen molar-refractivity contribution in [2.75, 3.05) is 0 Å². The smallest absolute Gasteiger partial charge is 0.130 e. The Labute approximate surface area is 114 Å².